The van der Waals surface area contributed by atoms with Crippen molar-refractivity contribution >= 4 is 17.6 Å². The van der Waals surface area contributed by atoms with Crippen molar-refractivity contribution in [2.45, 2.75) is 32.6 Å². The molecule has 2 heterocycles. The number of pyridine rings is 1. The van der Waals surface area contributed by atoms with Crippen LogP contribution in [0.5, 0.6) is 0 Å². The summed E-state index contributed by atoms with van der Waals surface area (Å²) in [6.07, 6.45) is 16.1. The lowest BCUT2D eigenvalue weighted by Crippen LogP contribution is -2.08. The molecule has 27 heavy (non-hydrogen) atoms. The fourth-order valence-electron chi connectivity index (χ4n) is 3.41. The van der Waals surface area contributed by atoms with Gasteiger partial charge in [-0.2, -0.15) is 0 Å². The third-order valence-corrected chi connectivity index (χ3v) is 4.83. The maximum absolute atomic E-state index is 4.76. The predicted octanol–water partition coefficient (Wildman–Crippen LogP) is 6.05. The van der Waals surface area contributed by atoms with Crippen LogP contribution in [0.2, 0.25) is 0 Å². The number of allylic oxidation sites excluding steroid dienone is 4. The van der Waals surface area contributed by atoms with E-state index < -0.39 is 0 Å². The molecule has 1 aromatic heterocycles. The van der Waals surface area contributed by atoms with Crippen molar-refractivity contribution in [3.63, 3.8) is 0 Å². The Labute approximate surface area is 162 Å². The zero-order valence-corrected chi connectivity index (χ0v) is 15.6. The number of dihydropyridines is 1. The number of hydrogen-bond donors (Lipinski definition) is 0. The molecule has 1 aliphatic carbocycles. The molecule has 4 rings (SSSR count). The van der Waals surface area contributed by atoms with E-state index in [-0.39, 0.29) is 1.43 Å². The Kier molecular flexibility index (Phi) is 5.20. The van der Waals surface area contributed by atoms with Gasteiger partial charge in [0, 0.05) is 43.3 Å². The monoisotopic (exact) mass is 355 g/mol. The molecule has 0 radical (unpaired) electrons. The van der Waals surface area contributed by atoms with Crippen LogP contribution in [0, 0.1) is 0 Å². The van der Waals surface area contributed by atoms with Gasteiger partial charge in [0.25, 0.3) is 0 Å². The highest BCUT2D eigenvalue weighted by atomic mass is 14.9. The molecule has 0 atom stereocenters. The second-order valence-electron chi connectivity index (χ2n) is 6.70. The maximum atomic E-state index is 4.76. The van der Waals surface area contributed by atoms with Crippen molar-refractivity contribution < 1.29 is 1.43 Å². The van der Waals surface area contributed by atoms with Crippen molar-refractivity contribution in [1.29, 1.82) is 0 Å². The van der Waals surface area contributed by atoms with Crippen LogP contribution in [-0.2, 0) is 6.42 Å². The van der Waals surface area contributed by atoms with Crippen LogP contribution < -0.4 is 0 Å². The highest BCUT2D eigenvalue weighted by Gasteiger charge is 2.18. The fraction of sp³-hybridized carbons (Fsp3) is 0.208. The van der Waals surface area contributed by atoms with Crippen LogP contribution in [0.3, 0.4) is 0 Å². The zero-order valence-electron chi connectivity index (χ0n) is 15.6. The third kappa shape index (κ3) is 3.87. The van der Waals surface area contributed by atoms with Gasteiger partial charge in [-0.15, -0.1) is 0 Å². The maximum Gasteiger partial charge on any atom is 0.131 e. The van der Waals surface area contributed by atoms with Crippen LogP contribution >= 0.6 is 0 Å². The van der Waals surface area contributed by atoms with Gasteiger partial charge in [-0.1, -0.05) is 55.5 Å². The molecule has 2 aromatic rings. The summed E-state index contributed by atoms with van der Waals surface area (Å²) in [5, 5.41) is 0. The molecule has 0 fully saturated rings. The molecule has 136 valence electrons. The van der Waals surface area contributed by atoms with E-state index in [1.165, 1.54) is 28.0 Å². The van der Waals surface area contributed by atoms with Crippen LogP contribution in [0.15, 0.2) is 82.6 Å². The summed E-state index contributed by atoms with van der Waals surface area (Å²) in [5.74, 6) is 0.858. The second-order valence-corrected chi connectivity index (χ2v) is 6.70. The van der Waals surface area contributed by atoms with Gasteiger partial charge in [0.05, 0.1) is 0 Å². The van der Waals surface area contributed by atoms with Crippen LogP contribution in [0.4, 0.5) is 0 Å². The lowest BCUT2D eigenvalue weighted by Gasteiger charge is -2.20. The smallest absolute Gasteiger partial charge is 0.131 e. The summed E-state index contributed by atoms with van der Waals surface area (Å²) in [7, 11) is 0. The van der Waals surface area contributed by atoms with Gasteiger partial charge < -0.3 is 0 Å². The van der Waals surface area contributed by atoms with Crippen LogP contribution in [0.1, 0.15) is 38.9 Å². The third-order valence-electron chi connectivity index (χ3n) is 4.83. The molecule has 0 saturated carbocycles. The molecular weight excluding hydrogens is 330 g/mol. The summed E-state index contributed by atoms with van der Waals surface area (Å²) in [5.41, 5.74) is 7.16. The van der Waals surface area contributed by atoms with E-state index in [9.17, 15) is 0 Å². The SMILES string of the molecule is CC/C=C\N=C1CC=C(C2=CCCc3ncc(-c4ccccc4)cc32)C=N1.[HH]. The molecule has 2 aliphatic rings. The molecule has 1 aliphatic heterocycles. The quantitative estimate of drug-likeness (QED) is 0.658. The topological polar surface area (TPSA) is 37.6 Å². The fourth-order valence-corrected chi connectivity index (χ4v) is 3.41. The van der Waals surface area contributed by atoms with Gasteiger partial charge in [-0.05, 0) is 42.0 Å². The predicted molar refractivity (Wildman–Crippen MR) is 116 cm³/mol. The first kappa shape index (κ1) is 17.3. The van der Waals surface area contributed by atoms with E-state index >= 15 is 0 Å². The van der Waals surface area contributed by atoms with Gasteiger partial charge in [0.2, 0.25) is 0 Å². The summed E-state index contributed by atoms with van der Waals surface area (Å²) >= 11 is 0. The molecule has 0 amide bonds. The van der Waals surface area contributed by atoms with Crippen LogP contribution in [-0.4, -0.2) is 17.0 Å². The molecule has 0 N–H and O–H groups in total. The minimum Gasteiger partial charge on any atom is -0.260 e. The Bertz CT molecular complexity index is 982. The van der Waals surface area contributed by atoms with Crippen molar-refractivity contribution in [3.8, 4) is 11.1 Å². The minimum absolute atomic E-state index is 0. The molecule has 0 bridgehead atoms. The van der Waals surface area contributed by atoms with Crippen molar-refractivity contribution in [2.24, 2.45) is 9.98 Å². The van der Waals surface area contributed by atoms with E-state index in [0.717, 1.165) is 37.1 Å². The van der Waals surface area contributed by atoms with E-state index in [1.807, 2.05) is 30.8 Å². The van der Waals surface area contributed by atoms with E-state index in [2.05, 4.69) is 59.4 Å². The minimum atomic E-state index is 0. The second kappa shape index (κ2) is 8.09. The number of benzene rings is 1. The molecule has 0 saturated heterocycles. The number of aromatic nitrogens is 1. The molecule has 0 unspecified atom stereocenters. The van der Waals surface area contributed by atoms with Gasteiger partial charge in [0.1, 0.15) is 5.84 Å². The van der Waals surface area contributed by atoms with E-state index in [4.69, 9.17) is 4.98 Å². The number of aliphatic imine (C=N–C) groups is 2. The number of amidine groups is 1. The summed E-state index contributed by atoms with van der Waals surface area (Å²) < 4.78 is 0. The largest absolute Gasteiger partial charge is 0.260 e. The van der Waals surface area contributed by atoms with Crippen molar-refractivity contribution in [2.75, 3.05) is 0 Å². The Morgan fingerprint density at radius 1 is 1.15 bits per heavy atom. The van der Waals surface area contributed by atoms with Crippen LogP contribution in [0.25, 0.3) is 16.7 Å². The molecule has 0 spiro atoms. The lowest BCUT2D eigenvalue weighted by atomic mass is 9.87. The van der Waals surface area contributed by atoms with Gasteiger partial charge in [-0.25, -0.2) is 9.98 Å². The summed E-state index contributed by atoms with van der Waals surface area (Å²) in [6.45, 7) is 2.10. The summed E-state index contributed by atoms with van der Waals surface area (Å²) in [4.78, 5) is 13.7. The average molecular weight is 355 g/mol. The van der Waals surface area contributed by atoms with Crippen molar-refractivity contribution in [3.05, 3.63) is 83.9 Å². The zero-order chi connectivity index (χ0) is 18.5. The first-order chi connectivity index (χ1) is 13.3. The standard InChI is InChI=1S/C24H23N3.H2/c1-2-3-14-25-24-13-12-19(16-27-24)21-10-7-11-23-22(21)15-20(17-26-23)18-8-5-4-6-9-18;/h3-6,8-10,12,14-17H,2,7,11,13H2,1H3;1H/b14-3-,25-24?;. The highest BCUT2D eigenvalue weighted by molar-refractivity contribution is 6.09. The Balaban J connectivity index is 0.00000225. The number of fused-ring (bicyclic) bond motifs is 1. The van der Waals surface area contributed by atoms with Gasteiger partial charge >= 0.3 is 0 Å². The number of hydrogen-bond acceptors (Lipinski definition) is 2. The highest BCUT2D eigenvalue weighted by Crippen LogP contribution is 2.33. The number of nitrogens with zero attached hydrogens (tertiary/aromatic N) is 3. The summed E-state index contributed by atoms with van der Waals surface area (Å²) in [6, 6.07) is 12.7. The van der Waals surface area contributed by atoms with E-state index in [1.54, 1.807) is 0 Å². The first-order valence-electron chi connectivity index (χ1n) is 9.56. The van der Waals surface area contributed by atoms with Crippen molar-refractivity contribution in [1.82, 2.24) is 4.98 Å². The Morgan fingerprint density at radius 3 is 2.81 bits per heavy atom. The Morgan fingerprint density at radius 2 is 2.04 bits per heavy atom. The first-order valence-corrected chi connectivity index (χ1v) is 9.56. The van der Waals surface area contributed by atoms with Gasteiger partial charge in [0.15, 0.2) is 0 Å². The number of aryl methyl sites for hydroxylation is 1. The molecular formula is C24H25N3. The lowest BCUT2D eigenvalue weighted by molar-refractivity contribution is 0.921. The molecule has 3 nitrogen and oxygen atoms in total. The normalized spacial score (nSPS) is 17.7. The molecule has 3 heteroatoms. The Hall–Kier alpha value is -3.07. The number of rotatable bonds is 4. The van der Waals surface area contributed by atoms with Gasteiger partial charge in [-0.3, -0.25) is 4.98 Å². The van der Waals surface area contributed by atoms with E-state index in [0.29, 0.717) is 0 Å². The molecule has 1 aromatic carbocycles. The average Bonchev–Trinajstić information content (AvgIpc) is 2.74.